The van der Waals surface area contributed by atoms with Crippen LogP contribution in [0.15, 0.2) is 47.2 Å². The Bertz CT molecular complexity index is 210. The van der Waals surface area contributed by atoms with Crippen LogP contribution in [0.25, 0.3) is 0 Å². The van der Waals surface area contributed by atoms with Gasteiger partial charge >= 0.3 is 0 Å². The lowest BCUT2D eigenvalue weighted by molar-refractivity contribution is 1.31. The van der Waals surface area contributed by atoms with Crippen LogP contribution in [0.1, 0.15) is 13.3 Å². The van der Waals surface area contributed by atoms with E-state index < -0.39 is 0 Å². The topological polar surface area (TPSA) is 24.7 Å². The van der Waals surface area contributed by atoms with Gasteiger partial charge in [-0.3, -0.25) is 9.98 Å². The molecule has 0 bridgehead atoms. The second kappa shape index (κ2) is 9.56. The summed E-state index contributed by atoms with van der Waals surface area (Å²) in [6, 6.07) is 0. The Balaban J connectivity index is 3.58. The molecule has 0 aromatic heterocycles. The number of hydrogen-bond donors (Lipinski definition) is 0. The van der Waals surface area contributed by atoms with Crippen molar-refractivity contribution in [3.05, 3.63) is 37.2 Å². The summed E-state index contributed by atoms with van der Waals surface area (Å²) in [5.74, 6) is 0. The van der Waals surface area contributed by atoms with Gasteiger partial charge in [0.25, 0.3) is 0 Å². The Morgan fingerprint density at radius 2 is 2.00 bits per heavy atom. The Kier molecular flexibility index (Phi) is 8.41. The van der Waals surface area contributed by atoms with Crippen LogP contribution >= 0.6 is 0 Å². The van der Waals surface area contributed by atoms with Crippen molar-refractivity contribution in [3.63, 3.8) is 0 Å². The van der Waals surface area contributed by atoms with Gasteiger partial charge in [0, 0.05) is 24.8 Å². The number of allylic oxidation sites excluding steroid dienone is 3. The average molecular weight is 162 g/mol. The molecule has 0 spiro atoms. The molecule has 0 saturated carbocycles. The zero-order valence-electron chi connectivity index (χ0n) is 7.35. The zero-order chi connectivity index (χ0) is 9.07. The minimum atomic E-state index is 0.964. The summed E-state index contributed by atoms with van der Waals surface area (Å²) in [4.78, 5) is 7.77. The molecule has 2 nitrogen and oxygen atoms in total. The molecule has 0 aliphatic heterocycles. The molecule has 0 amide bonds. The number of hydrogen-bond acceptors (Lipinski definition) is 2. The SMILES string of the molecule is C=C/N=C\C=CC=C/N=C\CC. The maximum absolute atomic E-state index is 3.99. The van der Waals surface area contributed by atoms with Crippen molar-refractivity contribution in [2.75, 3.05) is 0 Å². The van der Waals surface area contributed by atoms with Gasteiger partial charge in [-0.15, -0.1) is 0 Å². The van der Waals surface area contributed by atoms with Gasteiger partial charge in [0.1, 0.15) is 0 Å². The van der Waals surface area contributed by atoms with Crippen molar-refractivity contribution in [2.24, 2.45) is 9.98 Å². The lowest BCUT2D eigenvalue weighted by Gasteiger charge is -1.74. The van der Waals surface area contributed by atoms with Gasteiger partial charge in [0.15, 0.2) is 0 Å². The lowest BCUT2D eigenvalue weighted by atomic mass is 10.5. The highest BCUT2D eigenvalue weighted by Gasteiger charge is 1.63. The van der Waals surface area contributed by atoms with E-state index >= 15 is 0 Å². The normalized spacial score (nSPS) is 12.8. The monoisotopic (exact) mass is 162 g/mol. The molecule has 0 saturated heterocycles. The predicted molar refractivity (Wildman–Crippen MR) is 55.8 cm³/mol. The molecule has 0 N–H and O–H groups in total. The fourth-order valence-corrected chi connectivity index (χ4v) is 0.490. The zero-order valence-corrected chi connectivity index (χ0v) is 7.35. The van der Waals surface area contributed by atoms with Crippen LogP contribution in [-0.2, 0) is 0 Å². The summed E-state index contributed by atoms with van der Waals surface area (Å²) in [5.41, 5.74) is 0. The summed E-state index contributed by atoms with van der Waals surface area (Å²) < 4.78 is 0. The summed E-state index contributed by atoms with van der Waals surface area (Å²) in [6.07, 6.45) is 13.2. The number of rotatable bonds is 5. The van der Waals surface area contributed by atoms with Gasteiger partial charge < -0.3 is 0 Å². The van der Waals surface area contributed by atoms with Crippen molar-refractivity contribution in [1.82, 2.24) is 0 Å². The highest BCUT2D eigenvalue weighted by molar-refractivity contribution is 5.71. The van der Waals surface area contributed by atoms with E-state index in [9.17, 15) is 0 Å². The molecule has 0 atom stereocenters. The molecule has 0 unspecified atom stereocenters. The Morgan fingerprint density at radius 1 is 1.17 bits per heavy atom. The number of aliphatic imine (C=N–C) groups is 2. The smallest absolute Gasteiger partial charge is 0.0267 e. The third kappa shape index (κ3) is 8.56. The first-order valence-corrected chi connectivity index (χ1v) is 3.89. The van der Waals surface area contributed by atoms with Crippen LogP contribution < -0.4 is 0 Å². The first-order chi connectivity index (χ1) is 5.91. The molecule has 0 aliphatic carbocycles. The van der Waals surface area contributed by atoms with E-state index in [4.69, 9.17) is 0 Å². The largest absolute Gasteiger partial charge is 0.269 e. The van der Waals surface area contributed by atoms with Crippen molar-refractivity contribution in [2.45, 2.75) is 13.3 Å². The van der Waals surface area contributed by atoms with Crippen molar-refractivity contribution in [3.8, 4) is 0 Å². The van der Waals surface area contributed by atoms with Crippen LogP contribution in [0.2, 0.25) is 0 Å². The van der Waals surface area contributed by atoms with Gasteiger partial charge in [0.2, 0.25) is 0 Å². The molecule has 0 fully saturated rings. The predicted octanol–water partition coefficient (Wildman–Crippen LogP) is 2.75. The molecule has 64 valence electrons. The van der Waals surface area contributed by atoms with Gasteiger partial charge in [-0.2, -0.15) is 0 Å². The summed E-state index contributed by atoms with van der Waals surface area (Å²) in [7, 11) is 0. The Labute approximate surface area is 73.7 Å². The summed E-state index contributed by atoms with van der Waals surface area (Å²) in [6.45, 7) is 5.49. The molecule has 2 heteroatoms. The molecule has 0 aliphatic rings. The van der Waals surface area contributed by atoms with Crippen molar-refractivity contribution >= 4 is 12.4 Å². The Morgan fingerprint density at radius 3 is 2.67 bits per heavy atom. The van der Waals surface area contributed by atoms with E-state index in [0.717, 1.165) is 6.42 Å². The molecule has 12 heavy (non-hydrogen) atoms. The third-order valence-electron chi connectivity index (χ3n) is 0.960. The highest BCUT2D eigenvalue weighted by Crippen LogP contribution is 1.78. The van der Waals surface area contributed by atoms with Crippen molar-refractivity contribution < 1.29 is 0 Å². The van der Waals surface area contributed by atoms with Crippen molar-refractivity contribution in [1.29, 1.82) is 0 Å². The summed E-state index contributed by atoms with van der Waals surface area (Å²) >= 11 is 0. The molecule has 0 rings (SSSR count). The van der Waals surface area contributed by atoms with E-state index in [1.807, 2.05) is 31.4 Å². The first-order valence-electron chi connectivity index (χ1n) is 3.89. The third-order valence-corrected chi connectivity index (χ3v) is 0.960. The molecule has 0 radical (unpaired) electrons. The van der Waals surface area contributed by atoms with Crippen LogP contribution in [0, 0.1) is 0 Å². The van der Waals surface area contributed by atoms with Crippen LogP contribution in [0.3, 0.4) is 0 Å². The second-order valence-electron chi connectivity index (χ2n) is 1.95. The molecule has 0 aromatic carbocycles. The van der Waals surface area contributed by atoms with Crippen LogP contribution in [-0.4, -0.2) is 12.4 Å². The maximum Gasteiger partial charge on any atom is 0.0267 e. The quantitative estimate of drug-likeness (QED) is 0.438. The fourth-order valence-electron chi connectivity index (χ4n) is 0.490. The van der Waals surface area contributed by atoms with Gasteiger partial charge in [-0.25, -0.2) is 0 Å². The Hall–Kier alpha value is -1.44. The molecule has 0 aromatic rings. The minimum absolute atomic E-state index is 0.964. The van der Waals surface area contributed by atoms with Gasteiger partial charge in [0.05, 0.1) is 0 Å². The minimum Gasteiger partial charge on any atom is -0.269 e. The van der Waals surface area contributed by atoms with E-state index in [1.165, 1.54) is 6.20 Å². The molecular formula is C10H14N2. The van der Waals surface area contributed by atoms with E-state index in [0.29, 0.717) is 0 Å². The second-order valence-corrected chi connectivity index (χ2v) is 1.95. The standard InChI is InChI=1S/C10H14N2/c1-3-8-12-10-7-5-6-9-11-4-2/h4-10H,2-3H2,1H3/b6-5?,10-7?,11-9-,12-8-. The fraction of sp³-hybridized carbons (Fsp3) is 0.200. The average Bonchev–Trinajstić information content (AvgIpc) is 2.10. The van der Waals surface area contributed by atoms with E-state index in [2.05, 4.69) is 16.6 Å². The van der Waals surface area contributed by atoms with Crippen LogP contribution in [0.4, 0.5) is 0 Å². The number of nitrogens with zero attached hydrogens (tertiary/aromatic N) is 2. The molecule has 0 heterocycles. The highest BCUT2D eigenvalue weighted by atomic mass is 14.7. The first kappa shape index (κ1) is 10.6. The van der Waals surface area contributed by atoms with Crippen LogP contribution in [0.5, 0.6) is 0 Å². The summed E-state index contributed by atoms with van der Waals surface area (Å²) in [5, 5.41) is 0. The maximum atomic E-state index is 3.99. The van der Waals surface area contributed by atoms with Gasteiger partial charge in [-0.1, -0.05) is 19.6 Å². The van der Waals surface area contributed by atoms with E-state index in [1.54, 1.807) is 12.4 Å². The molecular weight excluding hydrogens is 148 g/mol. The van der Waals surface area contributed by atoms with Gasteiger partial charge in [-0.05, 0) is 18.6 Å². The lowest BCUT2D eigenvalue weighted by Crippen LogP contribution is -1.63. The van der Waals surface area contributed by atoms with E-state index in [-0.39, 0.29) is 0 Å².